The summed E-state index contributed by atoms with van der Waals surface area (Å²) in [6.45, 7) is 6.11. The standard InChI is InChI=1S/C11H16N4.2C7H8O3S/c1-2-8(1)10-13-7-15(14-10)9-3-11(4-9)5-12-6-11;2*1-6-2-4-7(5-3-6)11(8,9)10/h7-9,12H,1-6H2;2*2-5H,1H3,(H,8,9,10). The Morgan fingerprint density at radius 2 is 1.30 bits per heavy atom. The van der Waals surface area contributed by atoms with E-state index in [2.05, 4.69) is 20.1 Å². The van der Waals surface area contributed by atoms with E-state index in [0.717, 1.165) is 17.0 Å². The molecule has 0 bridgehead atoms. The molecule has 2 saturated carbocycles. The highest BCUT2D eigenvalue weighted by molar-refractivity contribution is 7.86. The predicted molar refractivity (Wildman–Crippen MR) is 138 cm³/mol. The number of rotatable bonds is 4. The van der Waals surface area contributed by atoms with Crippen molar-refractivity contribution in [2.24, 2.45) is 5.41 Å². The van der Waals surface area contributed by atoms with Crippen LogP contribution in [0.3, 0.4) is 0 Å². The Hall–Kier alpha value is -2.64. The zero-order valence-electron chi connectivity index (χ0n) is 20.8. The number of benzene rings is 2. The average molecular weight is 549 g/mol. The second-order valence-corrected chi connectivity index (χ2v) is 12.9. The van der Waals surface area contributed by atoms with Crippen LogP contribution in [0.25, 0.3) is 0 Å². The fourth-order valence-corrected chi connectivity index (χ4v) is 5.27. The van der Waals surface area contributed by atoms with Gasteiger partial charge in [-0.25, -0.2) is 9.67 Å². The minimum atomic E-state index is -4.02. The third-order valence-corrected chi connectivity index (χ3v) is 8.55. The van der Waals surface area contributed by atoms with Gasteiger partial charge in [-0.2, -0.15) is 21.9 Å². The molecule has 0 atom stereocenters. The van der Waals surface area contributed by atoms with Gasteiger partial charge < -0.3 is 5.32 Å². The van der Waals surface area contributed by atoms with Crippen LogP contribution >= 0.6 is 0 Å². The minimum Gasteiger partial charge on any atom is -0.316 e. The summed E-state index contributed by atoms with van der Waals surface area (Å²) in [4.78, 5) is 4.28. The van der Waals surface area contributed by atoms with Crippen LogP contribution in [0, 0.1) is 19.3 Å². The molecule has 2 heterocycles. The van der Waals surface area contributed by atoms with Gasteiger partial charge in [0, 0.05) is 19.0 Å². The number of hydrogen-bond acceptors (Lipinski definition) is 7. The quantitative estimate of drug-likeness (QED) is 0.416. The molecule has 1 saturated heterocycles. The van der Waals surface area contributed by atoms with Gasteiger partial charge in [-0.05, 0) is 69.2 Å². The zero-order valence-corrected chi connectivity index (χ0v) is 22.4. The maximum absolute atomic E-state index is 10.5. The van der Waals surface area contributed by atoms with E-state index in [1.54, 1.807) is 24.3 Å². The molecule has 3 aromatic rings. The Bertz CT molecular complexity index is 1350. The molecular formula is C25H32N4O6S2. The second-order valence-electron chi connectivity index (χ2n) is 10.1. The van der Waals surface area contributed by atoms with Crippen molar-refractivity contribution in [3.05, 3.63) is 71.8 Å². The van der Waals surface area contributed by atoms with Crippen molar-refractivity contribution in [3.8, 4) is 0 Å². The highest BCUT2D eigenvalue weighted by Crippen LogP contribution is 2.50. The summed E-state index contributed by atoms with van der Waals surface area (Å²) in [6.07, 6.45) is 7.13. The molecule has 10 nitrogen and oxygen atoms in total. The Morgan fingerprint density at radius 3 is 1.65 bits per heavy atom. The van der Waals surface area contributed by atoms with Gasteiger partial charge in [0.05, 0.1) is 15.8 Å². The number of hydrogen-bond donors (Lipinski definition) is 3. The summed E-state index contributed by atoms with van der Waals surface area (Å²) in [7, 11) is -8.04. The third kappa shape index (κ3) is 7.23. The van der Waals surface area contributed by atoms with Crippen LogP contribution in [-0.2, 0) is 20.2 Å². The lowest BCUT2D eigenvalue weighted by atomic mass is 9.62. The Balaban J connectivity index is 0.000000133. The van der Waals surface area contributed by atoms with Crippen LogP contribution in [0.5, 0.6) is 0 Å². The lowest BCUT2D eigenvalue weighted by Gasteiger charge is -2.54. The van der Waals surface area contributed by atoms with Crippen LogP contribution in [-0.4, -0.2) is 53.8 Å². The van der Waals surface area contributed by atoms with Crippen molar-refractivity contribution in [2.45, 2.75) is 61.3 Å². The lowest BCUT2D eigenvalue weighted by molar-refractivity contribution is 0.00208. The predicted octanol–water partition coefficient (Wildman–Crippen LogP) is 3.56. The monoisotopic (exact) mass is 548 g/mol. The molecule has 6 rings (SSSR count). The van der Waals surface area contributed by atoms with Crippen molar-refractivity contribution < 1.29 is 25.9 Å². The summed E-state index contributed by atoms with van der Waals surface area (Å²) >= 11 is 0. The van der Waals surface area contributed by atoms with Crippen LogP contribution < -0.4 is 5.32 Å². The molecule has 1 aromatic heterocycles. The largest absolute Gasteiger partial charge is 0.316 e. The molecular weight excluding hydrogens is 516 g/mol. The van der Waals surface area contributed by atoms with Gasteiger partial charge >= 0.3 is 0 Å². The van der Waals surface area contributed by atoms with Crippen molar-refractivity contribution in [1.82, 2.24) is 20.1 Å². The highest BCUT2D eigenvalue weighted by atomic mass is 32.2. The molecule has 3 fully saturated rings. The molecule has 0 radical (unpaired) electrons. The fraction of sp³-hybridized carbons (Fsp3) is 0.440. The summed E-state index contributed by atoms with van der Waals surface area (Å²) < 4.78 is 61.2. The van der Waals surface area contributed by atoms with Crippen LogP contribution in [0.1, 0.15) is 54.6 Å². The molecule has 200 valence electrons. The number of aromatic nitrogens is 3. The first kappa shape index (κ1) is 27.4. The third-order valence-electron chi connectivity index (χ3n) is 6.82. The van der Waals surface area contributed by atoms with Crippen LogP contribution in [0.4, 0.5) is 0 Å². The van der Waals surface area contributed by atoms with E-state index in [0.29, 0.717) is 17.4 Å². The van der Waals surface area contributed by atoms with Crippen LogP contribution in [0.2, 0.25) is 0 Å². The van der Waals surface area contributed by atoms with Crippen molar-refractivity contribution >= 4 is 20.2 Å². The van der Waals surface area contributed by atoms with Gasteiger partial charge in [0.2, 0.25) is 0 Å². The van der Waals surface area contributed by atoms with E-state index in [1.165, 1.54) is 63.0 Å². The molecule has 2 aromatic carbocycles. The van der Waals surface area contributed by atoms with E-state index < -0.39 is 20.2 Å². The van der Waals surface area contributed by atoms with E-state index in [4.69, 9.17) is 9.11 Å². The van der Waals surface area contributed by atoms with Crippen molar-refractivity contribution in [2.75, 3.05) is 13.1 Å². The van der Waals surface area contributed by atoms with Gasteiger partial charge in [0.15, 0.2) is 5.82 Å². The Labute approximate surface area is 217 Å². The first-order valence-corrected chi connectivity index (χ1v) is 14.9. The van der Waals surface area contributed by atoms with Gasteiger partial charge in [0.1, 0.15) is 6.33 Å². The number of aryl methyl sites for hydroxylation is 2. The highest BCUT2D eigenvalue weighted by Gasteiger charge is 2.49. The topological polar surface area (TPSA) is 151 Å². The summed E-state index contributed by atoms with van der Waals surface area (Å²) in [6, 6.07) is 12.6. The summed E-state index contributed by atoms with van der Waals surface area (Å²) in [5, 5.41) is 7.97. The van der Waals surface area contributed by atoms with Crippen molar-refractivity contribution in [3.63, 3.8) is 0 Å². The summed E-state index contributed by atoms with van der Waals surface area (Å²) in [5.74, 6) is 1.77. The van der Waals surface area contributed by atoms with Crippen LogP contribution in [0.15, 0.2) is 64.6 Å². The maximum atomic E-state index is 10.5. The van der Waals surface area contributed by atoms with E-state index >= 15 is 0 Å². The normalized spacial score (nSPS) is 18.5. The molecule has 2 aliphatic carbocycles. The molecule has 3 N–H and O–H groups in total. The average Bonchev–Trinajstić information content (AvgIpc) is 3.50. The smallest absolute Gasteiger partial charge is 0.294 e. The molecule has 37 heavy (non-hydrogen) atoms. The first-order chi connectivity index (χ1) is 17.3. The van der Waals surface area contributed by atoms with E-state index in [1.807, 2.05) is 20.2 Å². The maximum Gasteiger partial charge on any atom is 0.294 e. The van der Waals surface area contributed by atoms with Crippen molar-refractivity contribution in [1.29, 1.82) is 0 Å². The Morgan fingerprint density at radius 1 is 0.838 bits per heavy atom. The minimum absolute atomic E-state index is 0.0666. The van der Waals surface area contributed by atoms with Gasteiger partial charge in [0.25, 0.3) is 20.2 Å². The van der Waals surface area contributed by atoms with E-state index in [-0.39, 0.29) is 9.79 Å². The van der Waals surface area contributed by atoms with Gasteiger partial charge in [-0.1, -0.05) is 35.4 Å². The number of nitrogens with zero attached hydrogens (tertiary/aromatic N) is 3. The molecule has 1 spiro atoms. The van der Waals surface area contributed by atoms with Gasteiger partial charge in [-0.3, -0.25) is 9.11 Å². The zero-order chi connectivity index (χ0) is 26.8. The molecule has 3 aliphatic rings. The van der Waals surface area contributed by atoms with E-state index in [9.17, 15) is 16.8 Å². The SMILES string of the molecule is Cc1ccc(S(=O)(=O)O)cc1.Cc1ccc(S(=O)(=O)O)cc1.c1nc(C2CC2)nn1C1CC2(CNC2)C1. The molecule has 0 unspecified atom stereocenters. The fourth-order valence-electron chi connectivity index (χ4n) is 4.31. The first-order valence-electron chi connectivity index (χ1n) is 12.0. The molecule has 12 heteroatoms. The second kappa shape index (κ2) is 10.6. The van der Waals surface area contributed by atoms with Gasteiger partial charge in [-0.15, -0.1) is 0 Å². The lowest BCUT2D eigenvalue weighted by Crippen LogP contribution is -2.60. The summed E-state index contributed by atoms with van der Waals surface area (Å²) in [5.41, 5.74) is 2.55. The molecule has 0 amide bonds. The Kier molecular flexibility index (Phi) is 7.86. The molecule has 1 aliphatic heterocycles. The number of nitrogens with one attached hydrogen (secondary N) is 1.